The number of carbonyl (C=O) groups excluding carboxylic acids is 3. The highest BCUT2D eigenvalue weighted by Crippen LogP contribution is 2.33. The number of esters is 1. The molecule has 0 aliphatic carbocycles. The number of nitrogens with zero attached hydrogens (tertiary/aromatic N) is 2. The lowest BCUT2D eigenvalue weighted by atomic mass is 10.1. The van der Waals surface area contributed by atoms with Gasteiger partial charge in [0, 0.05) is 27.7 Å². The Morgan fingerprint density at radius 2 is 1.66 bits per heavy atom. The average Bonchev–Trinajstić information content (AvgIpc) is 3.50. The van der Waals surface area contributed by atoms with E-state index >= 15 is 0 Å². The first-order valence-electron chi connectivity index (χ1n) is 12.8. The minimum atomic E-state index is -0.751. The Balaban J connectivity index is 1.34. The summed E-state index contributed by atoms with van der Waals surface area (Å²) in [5, 5.41) is 17.5. The van der Waals surface area contributed by atoms with Gasteiger partial charge in [-0.05, 0) is 66.2 Å². The SMILES string of the molecule is O=C(NN=Cc1cc(Br)ccc1OC(=O)c1ccc([N+](=O)[O-])cc1)C(=Cc1ccc2c(c1)OCO2)NC(=O)c1ccccc1. The molecule has 5 rings (SSSR count). The van der Waals surface area contributed by atoms with Gasteiger partial charge in [0.25, 0.3) is 17.5 Å². The first-order valence-corrected chi connectivity index (χ1v) is 13.6. The molecule has 4 aromatic carbocycles. The summed E-state index contributed by atoms with van der Waals surface area (Å²) in [6.45, 7) is 0.0794. The van der Waals surface area contributed by atoms with E-state index in [1.165, 1.54) is 42.6 Å². The summed E-state index contributed by atoms with van der Waals surface area (Å²) in [5.74, 6) is -0.824. The molecule has 0 saturated heterocycles. The molecule has 0 fully saturated rings. The van der Waals surface area contributed by atoms with Gasteiger partial charge in [0.2, 0.25) is 6.79 Å². The van der Waals surface area contributed by atoms with Gasteiger partial charge in [0.15, 0.2) is 11.5 Å². The number of non-ortho nitro benzene ring substituents is 1. The number of nitrogens with one attached hydrogen (secondary N) is 2. The van der Waals surface area contributed by atoms with Crippen LogP contribution in [0.3, 0.4) is 0 Å². The van der Waals surface area contributed by atoms with Gasteiger partial charge in [0.1, 0.15) is 11.4 Å². The molecule has 1 aliphatic rings. The quantitative estimate of drug-likeness (QED) is 0.0619. The molecule has 0 spiro atoms. The minimum Gasteiger partial charge on any atom is -0.454 e. The number of carbonyl (C=O) groups is 3. The first-order chi connectivity index (χ1) is 21.3. The summed E-state index contributed by atoms with van der Waals surface area (Å²) in [6.07, 6.45) is 2.72. The highest BCUT2D eigenvalue weighted by atomic mass is 79.9. The lowest BCUT2D eigenvalue weighted by Crippen LogP contribution is -2.32. The van der Waals surface area contributed by atoms with Gasteiger partial charge in [-0.25, -0.2) is 10.2 Å². The van der Waals surface area contributed by atoms with Crippen molar-refractivity contribution >= 4 is 51.7 Å². The molecule has 2 amide bonds. The number of benzene rings is 4. The lowest BCUT2D eigenvalue weighted by Gasteiger charge is -2.10. The van der Waals surface area contributed by atoms with Gasteiger partial charge in [-0.3, -0.25) is 19.7 Å². The van der Waals surface area contributed by atoms with Crippen molar-refractivity contribution in [1.29, 1.82) is 0 Å². The number of fused-ring (bicyclic) bond motifs is 1. The van der Waals surface area contributed by atoms with Gasteiger partial charge in [-0.15, -0.1) is 0 Å². The fraction of sp³-hybridized carbons (Fsp3) is 0.0323. The minimum absolute atomic E-state index is 0.0794. The number of amides is 2. The fourth-order valence-corrected chi connectivity index (χ4v) is 4.30. The van der Waals surface area contributed by atoms with E-state index in [1.807, 2.05) is 0 Å². The summed E-state index contributed by atoms with van der Waals surface area (Å²) in [7, 11) is 0. The zero-order valence-electron chi connectivity index (χ0n) is 22.6. The maximum absolute atomic E-state index is 13.2. The second kappa shape index (κ2) is 13.4. The van der Waals surface area contributed by atoms with Crippen LogP contribution in [-0.2, 0) is 4.79 Å². The largest absolute Gasteiger partial charge is 0.454 e. The zero-order chi connectivity index (χ0) is 31.1. The molecule has 4 aromatic rings. The molecule has 220 valence electrons. The number of nitro groups is 1. The number of halogens is 1. The molecule has 13 heteroatoms. The summed E-state index contributed by atoms with van der Waals surface area (Å²) in [5.41, 5.74) is 3.44. The van der Waals surface area contributed by atoms with Gasteiger partial charge in [0.05, 0.1) is 16.7 Å². The molecule has 1 aliphatic heterocycles. The van der Waals surface area contributed by atoms with Crippen LogP contribution in [-0.4, -0.2) is 35.7 Å². The maximum atomic E-state index is 13.2. The average molecular weight is 657 g/mol. The van der Waals surface area contributed by atoms with Crippen molar-refractivity contribution < 1.29 is 33.5 Å². The molecule has 0 radical (unpaired) electrons. The number of hydrogen-bond acceptors (Lipinski definition) is 9. The Kier molecular flexibility index (Phi) is 9.06. The standard InChI is InChI=1S/C31H21BrN4O8/c32-23-9-13-26(44-31(39)21-7-10-24(11-8-21)36(40)41)22(16-23)17-33-35-30(38)25(34-29(37)20-4-2-1-3-5-20)14-19-6-12-27-28(15-19)43-18-42-27/h1-17H,18H2,(H,34,37)(H,35,38). The van der Waals surface area contributed by atoms with Crippen LogP contribution in [0.2, 0.25) is 0 Å². The molecule has 0 saturated carbocycles. The van der Waals surface area contributed by atoms with E-state index in [4.69, 9.17) is 14.2 Å². The third-order valence-electron chi connectivity index (χ3n) is 6.09. The van der Waals surface area contributed by atoms with Gasteiger partial charge >= 0.3 is 5.97 Å². The van der Waals surface area contributed by atoms with E-state index in [0.29, 0.717) is 32.7 Å². The summed E-state index contributed by atoms with van der Waals surface area (Å²) < 4.78 is 16.9. The number of hydrogen-bond donors (Lipinski definition) is 2. The highest BCUT2D eigenvalue weighted by Gasteiger charge is 2.18. The normalized spacial score (nSPS) is 12.1. The second-order valence-electron chi connectivity index (χ2n) is 9.07. The van der Waals surface area contributed by atoms with Crippen molar-refractivity contribution in [2.24, 2.45) is 5.10 Å². The van der Waals surface area contributed by atoms with Gasteiger partial charge in [-0.2, -0.15) is 5.10 Å². The van der Waals surface area contributed by atoms with Crippen LogP contribution in [0, 0.1) is 10.1 Å². The number of rotatable bonds is 9. The van der Waals surface area contributed by atoms with Crippen LogP contribution in [0.15, 0.2) is 106 Å². The smallest absolute Gasteiger partial charge is 0.343 e. The van der Waals surface area contributed by atoms with Crippen molar-refractivity contribution in [2.75, 3.05) is 6.79 Å². The molecule has 0 aromatic heterocycles. The van der Waals surface area contributed by atoms with Crippen LogP contribution in [0.4, 0.5) is 5.69 Å². The molecule has 0 bridgehead atoms. The van der Waals surface area contributed by atoms with Crippen molar-refractivity contribution in [1.82, 2.24) is 10.7 Å². The van der Waals surface area contributed by atoms with Crippen molar-refractivity contribution in [3.8, 4) is 17.2 Å². The molecular formula is C31H21BrN4O8. The van der Waals surface area contributed by atoms with E-state index < -0.39 is 22.7 Å². The molecule has 44 heavy (non-hydrogen) atoms. The topological polar surface area (TPSA) is 158 Å². The first kappa shape index (κ1) is 29.7. The van der Waals surface area contributed by atoms with Gasteiger partial charge < -0.3 is 19.5 Å². The van der Waals surface area contributed by atoms with E-state index in [-0.39, 0.29) is 29.5 Å². The van der Waals surface area contributed by atoms with Gasteiger partial charge in [-0.1, -0.05) is 40.2 Å². The lowest BCUT2D eigenvalue weighted by molar-refractivity contribution is -0.384. The van der Waals surface area contributed by atoms with E-state index in [9.17, 15) is 24.5 Å². The molecule has 2 N–H and O–H groups in total. The molecule has 0 atom stereocenters. The third-order valence-corrected chi connectivity index (χ3v) is 6.59. The molecule has 1 heterocycles. The van der Waals surface area contributed by atoms with E-state index in [0.717, 1.165) is 0 Å². The zero-order valence-corrected chi connectivity index (χ0v) is 24.1. The Hall–Kier alpha value is -5.82. The van der Waals surface area contributed by atoms with Crippen LogP contribution in [0.1, 0.15) is 31.8 Å². The number of nitro benzene ring substituents is 1. The molecular weight excluding hydrogens is 636 g/mol. The fourth-order valence-electron chi connectivity index (χ4n) is 3.92. The monoisotopic (exact) mass is 656 g/mol. The Morgan fingerprint density at radius 1 is 0.909 bits per heavy atom. The molecule has 12 nitrogen and oxygen atoms in total. The van der Waals surface area contributed by atoms with Crippen LogP contribution in [0.5, 0.6) is 17.2 Å². The van der Waals surface area contributed by atoms with Crippen molar-refractivity contribution in [2.45, 2.75) is 0 Å². The van der Waals surface area contributed by atoms with Crippen LogP contribution >= 0.6 is 15.9 Å². The predicted octanol–water partition coefficient (Wildman–Crippen LogP) is 5.23. The Labute approximate surface area is 258 Å². The summed E-state index contributed by atoms with van der Waals surface area (Å²) >= 11 is 3.35. The Bertz CT molecular complexity index is 1810. The second-order valence-corrected chi connectivity index (χ2v) is 9.98. The number of ether oxygens (including phenoxy) is 3. The molecule has 0 unspecified atom stereocenters. The summed E-state index contributed by atoms with van der Waals surface area (Å²) in [6, 6.07) is 23.2. The summed E-state index contributed by atoms with van der Waals surface area (Å²) in [4.78, 5) is 49.1. The van der Waals surface area contributed by atoms with E-state index in [1.54, 1.807) is 60.7 Å². The third kappa shape index (κ3) is 7.33. The van der Waals surface area contributed by atoms with Crippen molar-refractivity contribution in [3.05, 3.63) is 134 Å². The van der Waals surface area contributed by atoms with Crippen LogP contribution < -0.4 is 25.0 Å². The number of hydrazone groups is 1. The highest BCUT2D eigenvalue weighted by molar-refractivity contribution is 9.10. The van der Waals surface area contributed by atoms with E-state index in [2.05, 4.69) is 31.8 Å². The van der Waals surface area contributed by atoms with Crippen LogP contribution in [0.25, 0.3) is 6.08 Å². The maximum Gasteiger partial charge on any atom is 0.343 e. The predicted molar refractivity (Wildman–Crippen MR) is 162 cm³/mol. The Morgan fingerprint density at radius 3 is 2.41 bits per heavy atom. The van der Waals surface area contributed by atoms with Crippen molar-refractivity contribution in [3.63, 3.8) is 0 Å².